The Bertz CT molecular complexity index is 949. The number of carbonyl (C=O) groups is 2. The van der Waals surface area contributed by atoms with Crippen LogP contribution in [0.5, 0.6) is 11.5 Å². The molecule has 33 heavy (non-hydrogen) atoms. The highest BCUT2D eigenvalue weighted by molar-refractivity contribution is 5.94. The minimum atomic E-state index is -0.275. The third kappa shape index (κ3) is 6.86. The van der Waals surface area contributed by atoms with Crippen LogP contribution in [0.1, 0.15) is 24.2 Å². The van der Waals surface area contributed by atoms with Gasteiger partial charge in [-0.2, -0.15) is 0 Å². The number of hydrogen-bond acceptors (Lipinski definition) is 5. The van der Waals surface area contributed by atoms with Crippen LogP contribution in [0, 0.1) is 5.92 Å². The minimum Gasteiger partial charge on any atom is -0.497 e. The largest absolute Gasteiger partial charge is 0.497 e. The number of methoxy groups -OCH3 is 2. The average molecular weight is 456 g/mol. The lowest BCUT2D eigenvalue weighted by molar-refractivity contribution is -0.0272. The number of carbonyl (C=O) groups excluding carboxylic acids is 2. The van der Waals surface area contributed by atoms with Crippen LogP contribution < -0.4 is 14.8 Å². The number of urea groups is 1. The first-order valence-corrected chi connectivity index (χ1v) is 11.1. The summed E-state index contributed by atoms with van der Waals surface area (Å²) in [7, 11) is 3.17. The summed E-state index contributed by atoms with van der Waals surface area (Å²) in [5, 5.41) is 2.91. The van der Waals surface area contributed by atoms with Gasteiger partial charge in [0.15, 0.2) is 0 Å². The molecule has 178 valence electrons. The highest BCUT2D eigenvalue weighted by Gasteiger charge is 2.28. The number of anilines is 1. The number of hydrogen-bond donors (Lipinski definition) is 1. The Hall–Kier alpha value is -3.26. The monoisotopic (exact) mass is 455 g/mol. The molecule has 1 aliphatic rings. The summed E-state index contributed by atoms with van der Waals surface area (Å²) in [6.07, 6.45) is -0.275. The molecule has 1 aliphatic heterocycles. The Morgan fingerprint density at radius 1 is 1.12 bits per heavy atom. The molecular formula is C25H33N3O5. The molecule has 0 aromatic heterocycles. The van der Waals surface area contributed by atoms with Crippen LogP contribution >= 0.6 is 0 Å². The van der Waals surface area contributed by atoms with Gasteiger partial charge in [0.1, 0.15) is 11.5 Å². The molecule has 0 bridgehead atoms. The second-order valence-corrected chi connectivity index (χ2v) is 8.44. The number of benzene rings is 2. The molecular weight excluding hydrogens is 422 g/mol. The van der Waals surface area contributed by atoms with Gasteiger partial charge in [0.05, 0.1) is 33.5 Å². The van der Waals surface area contributed by atoms with Gasteiger partial charge < -0.3 is 29.3 Å². The molecule has 1 heterocycles. The van der Waals surface area contributed by atoms with Gasteiger partial charge in [0.2, 0.25) is 0 Å². The molecule has 3 amide bonds. The topological polar surface area (TPSA) is 80.3 Å². The average Bonchev–Trinajstić information content (AvgIpc) is 2.83. The van der Waals surface area contributed by atoms with Gasteiger partial charge in [-0.1, -0.05) is 26.0 Å². The number of nitrogens with one attached hydrogen (secondary N) is 1. The Labute approximate surface area is 195 Å². The Balaban J connectivity index is 1.66. The van der Waals surface area contributed by atoms with Crippen LogP contribution in [0.25, 0.3) is 0 Å². The van der Waals surface area contributed by atoms with Gasteiger partial charge in [-0.25, -0.2) is 4.79 Å². The number of morpholine rings is 1. The van der Waals surface area contributed by atoms with Crippen LogP contribution in [0.15, 0.2) is 48.5 Å². The van der Waals surface area contributed by atoms with E-state index in [0.29, 0.717) is 55.5 Å². The Morgan fingerprint density at radius 2 is 1.82 bits per heavy atom. The summed E-state index contributed by atoms with van der Waals surface area (Å²) in [5.74, 6) is 1.52. The Morgan fingerprint density at radius 3 is 2.52 bits per heavy atom. The summed E-state index contributed by atoms with van der Waals surface area (Å²) < 4.78 is 16.4. The predicted molar refractivity (Wildman–Crippen MR) is 127 cm³/mol. The highest BCUT2D eigenvalue weighted by atomic mass is 16.5. The second-order valence-electron chi connectivity index (χ2n) is 8.44. The van der Waals surface area contributed by atoms with E-state index in [1.54, 1.807) is 48.3 Å². The maximum atomic E-state index is 13.2. The highest BCUT2D eigenvalue weighted by Crippen LogP contribution is 2.19. The van der Waals surface area contributed by atoms with Crippen molar-refractivity contribution in [1.29, 1.82) is 0 Å². The van der Waals surface area contributed by atoms with Crippen molar-refractivity contribution in [1.82, 2.24) is 9.80 Å². The zero-order valence-corrected chi connectivity index (χ0v) is 19.7. The van der Waals surface area contributed by atoms with Crippen LogP contribution in [-0.4, -0.2) is 74.8 Å². The third-order valence-electron chi connectivity index (χ3n) is 5.36. The molecule has 1 N–H and O–H groups in total. The molecule has 3 rings (SSSR count). The molecule has 0 radical (unpaired) electrons. The zero-order valence-electron chi connectivity index (χ0n) is 19.7. The van der Waals surface area contributed by atoms with E-state index in [9.17, 15) is 9.59 Å². The van der Waals surface area contributed by atoms with Crippen LogP contribution in [0.2, 0.25) is 0 Å². The van der Waals surface area contributed by atoms with E-state index in [-0.39, 0.29) is 24.0 Å². The smallest absolute Gasteiger partial charge is 0.322 e. The van der Waals surface area contributed by atoms with Gasteiger partial charge in [-0.15, -0.1) is 0 Å². The lowest BCUT2D eigenvalue weighted by Gasteiger charge is -2.36. The summed E-state index contributed by atoms with van der Waals surface area (Å²) in [6.45, 7) is 6.43. The maximum absolute atomic E-state index is 13.2. The first-order valence-electron chi connectivity index (χ1n) is 11.1. The maximum Gasteiger partial charge on any atom is 0.322 e. The molecule has 0 saturated carbocycles. The molecule has 2 aromatic rings. The molecule has 1 saturated heterocycles. The standard InChI is InChI=1S/C25H33N3O5/c1-18(2)15-28(24(29)19-7-5-9-21(13-19)31-3)17-23-16-27(11-12-33-23)25(30)26-20-8-6-10-22(14-20)32-4/h5-10,13-14,18,23H,11-12,15-17H2,1-4H3,(H,26,30)/t23-/m0/s1. The van der Waals surface area contributed by atoms with E-state index >= 15 is 0 Å². The summed E-state index contributed by atoms with van der Waals surface area (Å²) in [6, 6.07) is 14.2. The zero-order chi connectivity index (χ0) is 23.8. The van der Waals surface area contributed by atoms with Crippen LogP contribution in [-0.2, 0) is 4.74 Å². The SMILES string of the molecule is COc1cccc(NC(=O)N2CCO[C@H](CN(CC(C)C)C(=O)c3cccc(OC)c3)C2)c1. The lowest BCUT2D eigenvalue weighted by Crippen LogP contribution is -2.52. The number of nitrogens with zero attached hydrogens (tertiary/aromatic N) is 2. The fraction of sp³-hybridized carbons (Fsp3) is 0.440. The van der Waals surface area contributed by atoms with E-state index in [1.165, 1.54) is 0 Å². The quantitative estimate of drug-likeness (QED) is 0.656. The number of ether oxygens (including phenoxy) is 3. The van der Waals surface area contributed by atoms with E-state index in [2.05, 4.69) is 19.2 Å². The molecule has 0 aliphatic carbocycles. The van der Waals surface area contributed by atoms with Gasteiger partial charge in [0.25, 0.3) is 5.91 Å². The van der Waals surface area contributed by atoms with E-state index in [0.717, 1.165) is 0 Å². The van der Waals surface area contributed by atoms with Gasteiger partial charge >= 0.3 is 6.03 Å². The summed E-state index contributed by atoms with van der Waals surface area (Å²) in [4.78, 5) is 29.6. The molecule has 8 heteroatoms. The fourth-order valence-corrected chi connectivity index (χ4v) is 3.78. The summed E-state index contributed by atoms with van der Waals surface area (Å²) in [5.41, 5.74) is 1.23. The second kappa shape index (κ2) is 11.6. The molecule has 0 spiro atoms. The van der Waals surface area contributed by atoms with E-state index in [4.69, 9.17) is 14.2 Å². The van der Waals surface area contributed by atoms with Crippen molar-refractivity contribution in [2.45, 2.75) is 20.0 Å². The van der Waals surface area contributed by atoms with Gasteiger partial charge in [-0.05, 0) is 36.2 Å². The van der Waals surface area contributed by atoms with E-state index < -0.39 is 0 Å². The lowest BCUT2D eigenvalue weighted by atomic mass is 10.1. The van der Waals surface area contributed by atoms with Gasteiger partial charge in [0, 0.05) is 37.0 Å². The summed E-state index contributed by atoms with van der Waals surface area (Å²) >= 11 is 0. The van der Waals surface area contributed by atoms with Crippen LogP contribution in [0.4, 0.5) is 10.5 Å². The van der Waals surface area contributed by atoms with Crippen molar-refractivity contribution in [3.05, 3.63) is 54.1 Å². The first-order chi connectivity index (χ1) is 15.9. The number of amides is 3. The molecule has 0 unspecified atom stereocenters. The van der Waals surface area contributed by atoms with Crippen molar-refractivity contribution in [2.24, 2.45) is 5.92 Å². The molecule has 1 fully saturated rings. The first kappa shape index (κ1) is 24.4. The van der Waals surface area contributed by atoms with Crippen LogP contribution in [0.3, 0.4) is 0 Å². The van der Waals surface area contributed by atoms with E-state index in [1.807, 2.05) is 24.3 Å². The normalized spacial score (nSPS) is 15.8. The fourth-order valence-electron chi connectivity index (χ4n) is 3.78. The van der Waals surface area contributed by atoms with Gasteiger partial charge in [-0.3, -0.25) is 4.79 Å². The van der Waals surface area contributed by atoms with Crippen molar-refractivity contribution in [2.75, 3.05) is 52.3 Å². The predicted octanol–water partition coefficient (Wildman–Crippen LogP) is 3.73. The minimum absolute atomic E-state index is 0.0795. The third-order valence-corrected chi connectivity index (χ3v) is 5.36. The molecule has 2 aromatic carbocycles. The number of rotatable bonds is 8. The van der Waals surface area contributed by atoms with Crippen molar-refractivity contribution < 1.29 is 23.8 Å². The molecule has 1 atom stereocenters. The molecule has 8 nitrogen and oxygen atoms in total. The van der Waals surface area contributed by atoms with Crippen molar-refractivity contribution >= 4 is 17.6 Å². The van der Waals surface area contributed by atoms with Crippen molar-refractivity contribution in [3.63, 3.8) is 0 Å². The van der Waals surface area contributed by atoms with Crippen molar-refractivity contribution in [3.8, 4) is 11.5 Å². The Kier molecular flexibility index (Phi) is 8.54.